The van der Waals surface area contributed by atoms with E-state index in [-0.39, 0.29) is 24.8 Å². The molecule has 0 atom stereocenters. The highest BCUT2D eigenvalue weighted by atomic mass is 35.5. The van der Waals surface area contributed by atoms with Gasteiger partial charge in [-0.25, -0.2) is 0 Å². The number of nitrogens with two attached hydrogens (primary N) is 1. The summed E-state index contributed by atoms with van der Waals surface area (Å²) in [7, 11) is 0. The Kier molecular flexibility index (Phi) is 4.51. The highest BCUT2D eigenvalue weighted by molar-refractivity contribution is 5.85. The fraction of sp³-hybridized carbons (Fsp3) is 0.273. The van der Waals surface area contributed by atoms with Crippen molar-refractivity contribution in [2.75, 3.05) is 0 Å². The first kappa shape index (κ1) is 14.0. The van der Waals surface area contributed by atoms with Gasteiger partial charge in [0.1, 0.15) is 5.82 Å². The van der Waals surface area contributed by atoms with Crippen LogP contribution in [0.1, 0.15) is 17.2 Å². The first-order valence-corrected chi connectivity index (χ1v) is 5.11. The number of fused-ring (bicyclic) bond motifs is 3. The van der Waals surface area contributed by atoms with E-state index >= 15 is 0 Å². The molecular weight excluding hydrogens is 259 g/mol. The minimum atomic E-state index is 0. The molecule has 2 aromatic rings. The van der Waals surface area contributed by atoms with Crippen molar-refractivity contribution in [2.24, 2.45) is 5.73 Å². The fourth-order valence-electron chi connectivity index (χ4n) is 2.11. The molecule has 1 aliphatic rings. The van der Waals surface area contributed by atoms with Crippen LogP contribution in [0.2, 0.25) is 0 Å². The lowest BCUT2D eigenvalue weighted by Crippen LogP contribution is -2.15. The average molecular weight is 273 g/mol. The predicted octanol–water partition coefficient (Wildman–Crippen LogP) is 1.67. The normalized spacial score (nSPS) is 11.8. The van der Waals surface area contributed by atoms with Crippen LogP contribution < -0.4 is 5.73 Å². The van der Waals surface area contributed by atoms with Gasteiger partial charge in [0.15, 0.2) is 5.82 Å². The molecular formula is C11H14Cl2N4. The van der Waals surface area contributed by atoms with Crippen LogP contribution in [0.25, 0.3) is 5.69 Å². The number of hydrogen-bond donors (Lipinski definition) is 1. The lowest BCUT2D eigenvalue weighted by Gasteiger charge is -2.18. The summed E-state index contributed by atoms with van der Waals surface area (Å²) in [5.41, 5.74) is 8.18. The Hall–Kier alpha value is -1.10. The maximum Gasteiger partial charge on any atom is 0.151 e. The summed E-state index contributed by atoms with van der Waals surface area (Å²) in [6.45, 7) is 0.432. The molecule has 0 saturated heterocycles. The molecule has 0 aliphatic carbocycles. The SMILES string of the molecule is Cl.Cl.NCc1nnc2n1-c1ccccc1CC2. The summed E-state index contributed by atoms with van der Waals surface area (Å²) in [5.74, 6) is 1.87. The van der Waals surface area contributed by atoms with Crippen LogP contribution in [0.5, 0.6) is 0 Å². The van der Waals surface area contributed by atoms with Crippen molar-refractivity contribution in [3.8, 4) is 5.69 Å². The molecule has 0 fully saturated rings. The maximum absolute atomic E-state index is 5.65. The van der Waals surface area contributed by atoms with Crippen molar-refractivity contribution in [3.05, 3.63) is 41.5 Å². The first-order chi connectivity index (χ1) is 7.40. The molecule has 0 spiro atoms. The molecule has 4 nitrogen and oxygen atoms in total. The van der Waals surface area contributed by atoms with Crippen LogP contribution in [-0.4, -0.2) is 14.8 Å². The number of rotatable bonds is 1. The number of aryl methyl sites for hydroxylation is 2. The van der Waals surface area contributed by atoms with Gasteiger partial charge in [-0.05, 0) is 18.1 Å². The van der Waals surface area contributed by atoms with Crippen molar-refractivity contribution in [1.82, 2.24) is 14.8 Å². The summed E-state index contributed by atoms with van der Waals surface area (Å²) in [6.07, 6.45) is 1.99. The van der Waals surface area contributed by atoms with Gasteiger partial charge < -0.3 is 5.73 Å². The molecule has 0 saturated carbocycles. The molecule has 0 radical (unpaired) electrons. The summed E-state index contributed by atoms with van der Waals surface area (Å²) in [5, 5.41) is 8.26. The highest BCUT2D eigenvalue weighted by Gasteiger charge is 2.19. The van der Waals surface area contributed by atoms with Crippen molar-refractivity contribution in [3.63, 3.8) is 0 Å². The lowest BCUT2D eigenvalue weighted by atomic mass is 10.0. The Morgan fingerprint density at radius 3 is 2.65 bits per heavy atom. The van der Waals surface area contributed by atoms with Gasteiger partial charge >= 0.3 is 0 Å². The second-order valence-electron chi connectivity index (χ2n) is 3.70. The zero-order valence-electron chi connectivity index (χ0n) is 9.17. The van der Waals surface area contributed by atoms with E-state index in [1.54, 1.807) is 0 Å². The van der Waals surface area contributed by atoms with E-state index in [0.717, 1.165) is 24.5 Å². The van der Waals surface area contributed by atoms with Gasteiger partial charge in [0.25, 0.3) is 0 Å². The zero-order valence-corrected chi connectivity index (χ0v) is 10.8. The van der Waals surface area contributed by atoms with Crippen LogP contribution in [0.15, 0.2) is 24.3 Å². The summed E-state index contributed by atoms with van der Waals surface area (Å²) in [6, 6.07) is 8.35. The Labute approximate surface area is 112 Å². The predicted molar refractivity (Wildman–Crippen MR) is 71.2 cm³/mol. The van der Waals surface area contributed by atoms with Gasteiger partial charge in [0.2, 0.25) is 0 Å². The number of nitrogens with zero attached hydrogens (tertiary/aromatic N) is 3. The van der Waals surface area contributed by atoms with E-state index in [2.05, 4.69) is 33.0 Å². The molecule has 0 bridgehead atoms. The summed E-state index contributed by atoms with van der Waals surface area (Å²) >= 11 is 0. The van der Waals surface area contributed by atoms with Crippen molar-refractivity contribution in [2.45, 2.75) is 19.4 Å². The molecule has 1 aliphatic heterocycles. The van der Waals surface area contributed by atoms with E-state index in [1.165, 1.54) is 11.3 Å². The third-order valence-electron chi connectivity index (χ3n) is 2.83. The standard InChI is InChI=1S/C11H12N4.2ClH/c12-7-11-14-13-10-6-5-8-3-1-2-4-9(8)15(10)11;;/h1-4H,5-7,12H2;2*1H. The quantitative estimate of drug-likeness (QED) is 0.859. The molecule has 3 rings (SSSR count). The molecule has 0 amide bonds. The maximum atomic E-state index is 5.65. The minimum absolute atomic E-state index is 0. The van der Waals surface area contributed by atoms with Crippen LogP contribution in [-0.2, 0) is 19.4 Å². The minimum Gasteiger partial charge on any atom is -0.324 e. The van der Waals surface area contributed by atoms with E-state index in [9.17, 15) is 0 Å². The summed E-state index contributed by atoms with van der Waals surface area (Å²) in [4.78, 5) is 0. The number of halogens is 2. The Morgan fingerprint density at radius 2 is 1.88 bits per heavy atom. The van der Waals surface area contributed by atoms with E-state index < -0.39 is 0 Å². The average Bonchev–Trinajstić information content (AvgIpc) is 2.72. The molecule has 0 unspecified atom stereocenters. The third kappa shape index (κ3) is 2.16. The Morgan fingerprint density at radius 1 is 1.12 bits per heavy atom. The van der Waals surface area contributed by atoms with Crippen LogP contribution in [0.4, 0.5) is 0 Å². The molecule has 2 N–H and O–H groups in total. The smallest absolute Gasteiger partial charge is 0.151 e. The first-order valence-electron chi connectivity index (χ1n) is 5.11. The van der Waals surface area contributed by atoms with Crippen LogP contribution in [0, 0.1) is 0 Å². The second-order valence-corrected chi connectivity index (χ2v) is 3.70. The summed E-state index contributed by atoms with van der Waals surface area (Å²) < 4.78 is 2.08. The van der Waals surface area contributed by atoms with Crippen LogP contribution >= 0.6 is 24.8 Å². The number of para-hydroxylation sites is 1. The van der Waals surface area contributed by atoms with Gasteiger partial charge in [-0.15, -0.1) is 35.0 Å². The second kappa shape index (κ2) is 5.49. The molecule has 17 heavy (non-hydrogen) atoms. The van der Waals surface area contributed by atoms with E-state index in [1.807, 2.05) is 6.07 Å². The van der Waals surface area contributed by atoms with Gasteiger partial charge in [-0.1, -0.05) is 18.2 Å². The van der Waals surface area contributed by atoms with Crippen molar-refractivity contribution in [1.29, 1.82) is 0 Å². The zero-order chi connectivity index (χ0) is 10.3. The molecule has 2 heterocycles. The largest absolute Gasteiger partial charge is 0.324 e. The van der Waals surface area contributed by atoms with Gasteiger partial charge in [-0.2, -0.15) is 0 Å². The van der Waals surface area contributed by atoms with Crippen LogP contribution in [0.3, 0.4) is 0 Å². The highest BCUT2D eigenvalue weighted by Crippen LogP contribution is 2.24. The van der Waals surface area contributed by atoms with Gasteiger partial charge in [-0.3, -0.25) is 4.57 Å². The third-order valence-corrected chi connectivity index (χ3v) is 2.83. The Balaban J connectivity index is 0.000000722. The van der Waals surface area contributed by atoms with E-state index in [4.69, 9.17) is 5.73 Å². The molecule has 1 aromatic heterocycles. The van der Waals surface area contributed by atoms with Crippen molar-refractivity contribution < 1.29 is 0 Å². The van der Waals surface area contributed by atoms with E-state index in [0.29, 0.717) is 6.54 Å². The van der Waals surface area contributed by atoms with Gasteiger partial charge in [0, 0.05) is 6.42 Å². The monoisotopic (exact) mass is 272 g/mol. The molecule has 6 heteroatoms. The Bertz CT molecular complexity index is 496. The fourth-order valence-corrected chi connectivity index (χ4v) is 2.11. The topological polar surface area (TPSA) is 56.7 Å². The van der Waals surface area contributed by atoms with Crippen molar-refractivity contribution >= 4 is 24.8 Å². The molecule has 1 aromatic carbocycles. The number of hydrogen-bond acceptors (Lipinski definition) is 3. The number of aromatic nitrogens is 3. The van der Waals surface area contributed by atoms with Gasteiger partial charge in [0.05, 0.1) is 12.2 Å². The lowest BCUT2D eigenvalue weighted by molar-refractivity contribution is 0.752. The number of benzene rings is 1. The molecule has 92 valence electrons.